The maximum absolute atomic E-state index is 12.4. The monoisotopic (exact) mass is 186 g/mol. The van der Waals surface area contributed by atoms with E-state index >= 15 is 0 Å². The van der Waals surface area contributed by atoms with E-state index in [1.807, 2.05) is 6.92 Å². The van der Waals surface area contributed by atoms with Crippen molar-refractivity contribution in [2.45, 2.75) is 26.3 Å². The Morgan fingerprint density at radius 1 is 1.54 bits per heavy atom. The standard InChI is InChI=1S/C9H12F2N2/c1-2-7-3-8(9(10)11)6(4-12)5-13-7/h3,5,9H,2,4,12H2,1H3. The summed E-state index contributed by atoms with van der Waals surface area (Å²) in [5, 5.41) is 0. The highest BCUT2D eigenvalue weighted by molar-refractivity contribution is 5.27. The summed E-state index contributed by atoms with van der Waals surface area (Å²) in [7, 11) is 0. The number of alkyl halides is 2. The third kappa shape index (κ3) is 2.21. The molecule has 0 fully saturated rings. The number of hydrogen-bond acceptors (Lipinski definition) is 2. The summed E-state index contributed by atoms with van der Waals surface area (Å²) in [5.41, 5.74) is 6.41. The highest BCUT2D eigenvalue weighted by Gasteiger charge is 2.12. The second-order valence-corrected chi connectivity index (χ2v) is 2.73. The summed E-state index contributed by atoms with van der Waals surface area (Å²) >= 11 is 0. The van der Waals surface area contributed by atoms with E-state index < -0.39 is 6.43 Å². The van der Waals surface area contributed by atoms with Crippen molar-refractivity contribution < 1.29 is 8.78 Å². The largest absolute Gasteiger partial charge is 0.326 e. The molecule has 13 heavy (non-hydrogen) atoms. The van der Waals surface area contributed by atoms with Crippen molar-refractivity contribution in [2.24, 2.45) is 5.73 Å². The fraction of sp³-hybridized carbons (Fsp3) is 0.444. The van der Waals surface area contributed by atoms with E-state index in [1.165, 1.54) is 12.3 Å². The molecule has 0 aliphatic carbocycles. The number of rotatable bonds is 3. The van der Waals surface area contributed by atoms with Crippen molar-refractivity contribution in [2.75, 3.05) is 0 Å². The first-order chi connectivity index (χ1) is 6.19. The minimum Gasteiger partial charge on any atom is -0.326 e. The van der Waals surface area contributed by atoms with Crippen molar-refractivity contribution in [1.29, 1.82) is 0 Å². The van der Waals surface area contributed by atoms with Crippen LogP contribution in [-0.4, -0.2) is 4.98 Å². The van der Waals surface area contributed by atoms with Crippen LogP contribution in [0.4, 0.5) is 8.78 Å². The van der Waals surface area contributed by atoms with Gasteiger partial charge in [-0.15, -0.1) is 0 Å². The molecule has 0 spiro atoms. The van der Waals surface area contributed by atoms with E-state index in [-0.39, 0.29) is 12.1 Å². The number of aromatic nitrogens is 1. The van der Waals surface area contributed by atoms with E-state index in [2.05, 4.69) is 4.98 Å². The van der Waals surface area contributed by atoms with Crippen LogP contribution in [0.15, 0.2) is 12.3 Å². The van der Waals surface area contributed by atoms with Gasteiger partial charge in [0.2, 0.25) is 0 Å². The Hall–Kier alpha value is -1.03. The van der Waals surface area contributed by atoms with Crippen molar-refractivity contribution in [3.63, 3.8) is 0 Å². The lowest BCUT2D eigenvalue weighted by Gasteiger charge is -2.07. The van der Waals surface area contributed by atoms with E-state index in [0.29, 0.717) is 17.7 Å². The van der Waals surface area contributed by atoms with Crippen LogP contribution in [0.1, 0.15) is 30.2 Å². The van der Waals surface area contributed by atoms with Gasteiger partial charge in [0.15, 0.2) is 0 Å². The summed E-state index contributed by atoms with van der Waals surface area (Å²) in [5.74, 6) is 0. The second kappa shape index (κ2) is 4.28. The molecule has 0 unspecified atom stereocenters. The highest BCUT2D eigenvalue weighted by Crippen LogP contribution is 2.22. The summed E-state index contributed by atoms with van der Waals surface area (Å²) in [4.78, 5) is 4.00. The van der Waals surface area contributed by atoms with E-state index in [9.17, 15) is 8.78 Å². The van der Waals surface area contributed by atoms with Crippen LogP contribution >= 0.6 is 0 Å². The molecular weight excluding hydrogens is 174 g/mol. The summed E-state index contributed by atoms with van der Waals surface area (Å²) in [6, 6.07) is 1.42. The van der Waals surface area contributed by atoms with Crippen LogP contribution < -0.4 is 5.73 Å². The van der Waals surface area contributed by atoms with Gasteiger partial charge in [-0.1, -0.05) is 6.92 Å². The smallest absolute Gasteiger partial charge is 0.264 e. The molecule has 1 rings (SSSR count). The number of nitrogens with zero attached hydrogens (tertiary/aromatic N) is 1. The zero-order valence-electron chi connectivity index (χ0n) is 7.43. The lowest BCUT2D eigenvalue weighted by molar-refractivity contribution is 0.150. The third-order valence-electron chi connectivity index (χ3n) is 1.90. The van der Waals surface area contributed by atoms with Gasteiger partial charge in [0, 0.05) is 24.0 Å². The molecule has 2 N–H and O–H groups in total. The molecule has 2 nitrogen and oxygen atoms in total. The molecule has 0 aromatic carbocycles. The Morgan fingerprint density at radius 2 is 2.23 bits per heavy atom. The minimum absolute atomic E-state index is 0.00866. The van der Waals surface area contributed by atoms with Crippen molar-refractivity contribution >= 4 is 0 Å². The highest BCUT2D eigenvalue weighted by atomic mass is 19.3. The molecule has 0 bridgehead atoms. The van der Waals surface area contributed by atoms with Gasteiger partial charge < -0.3 is 5.73 Å². The molecule has 0 saturated heterocycles. The molecule has 4 heteroatoms. The van der Waals surface area contributed by atoms with Crippen molar-refractivity contribution in [1.82, 2.24) is 4.98 Å². The number of aryl methyl sites for hydroxylation is 1. The number of nitrogens with two attached hydrogens (primary N) is 1. The molecular formula is C9H12F2N2. The van der Waals surface area contributed by atoms with Gasteiger partial charge in [-0.25, -0.2) is 8.78 Å². The third-order valence-corrected chi connectivity index (χ3v) is 1.90. The van der Waals surface area contributed by atoms with Crippen molar-refractivity contribution in [3.05, 3.63) is 29.1 Å². The lowest BCUT2D eigenvalue weighted by atomic mass is 10.1. The van der Waals surface area contributed by atoms with Gasteiger partial charge in [-0.2, -0.15) is 0 Å². The average molecular weight is 186 g/mol. The van der Waals surface area contributed by atoms with Crippen LogP contribution in [0.25, 0.3) is 0 Å². The van der Waals surface area contributed by atoms with Crippen LogP contribution in [0.5, 0.6) is 0 Å². The summed E-state index contributed by atoms with van der Waals surface area (Å²) < 4.78 is 24.9. The number of hydrogen-bond donors (Lipinski definition) is 1. The topological polar surface area (TPSA) is 38.9 Å². The molecule has 0 saturated carbocycles. The average Bonchev–Trinajstić information content (AvgIpc) is 2.16. The molecule has 1 aromatic heterocycles. The fourth-order valence-corrected chi connectivity index (χ4v) is 1.11. The molecule has 1 aromatic rings. The van der Waals surface area contributed by atoms with Crippen LogP contribution in [0, 0.1) is 0 Å². The van der Waals surface area contributed by atoms with Crippen molar-refractivity contribution in [3.8, 4) is 0 Å². The first-order valence-corrected chi connectivity index (χ1v) is 4.15. The van der Waals surface area contributed by atoms with Gasteiger partial charge >= 0.3 is 0 Å². The molecule has 0 aliphatic heterocycles. The summed E-state index contributed by atoms with van der Waals surface area (Å²) in [6.45, 7) is 1.98. The predicted octanol–water partition coefficient (Wildman–Crippen LogP) is 2.04. The molecule has 0 amide bonds. The quantitative estimate of drug-likeness (QED) is 0.784. The molecule has 0 radical (unpaired) electrons. The zero-order valence-corrected chi connectivity index (χ0v) is 7.43. The van der Waals surface area contributed by atoms with Gasteiger partial charge in [0.1, 0.15) is 0 Å². The first kappa shape index (κ1) is 10.1. The Morgan fingerprint density at radius 3 is 2.69 bits per heavy atom. The van der Waals surface area contributed by atoms with Gasteiger partial charge in [0.25, 0.3) is 6.43 Å². The predicted molar refractivity (Wildman–Crippen MR) is 46.5 cm³/mol. The first-order valence-electron chi connectivity index (χ1n) is 4.15. The van der Waals surface area contributed by atoms with Gasteiger partial charge in [-0.3, -0.25) is 4.98 Å². The second-order valence-electron chi connectivity index (χ2n) is 2.73. The number of halogens is 2. The van der Waals surface area contributed by atoms with E-state index in [1.54, 1.807) is 0 Å². The Bertz CT molecular complexity index is 287. The molecule has 0 atom stereocenters. The van der Waals surface area contributed by atoms with E-state index in [0.717, 1.165) is 0 Å². The SMILES string of the molecule is CCc1cc(C(F)F)c(CN)cn1. The Kier molecular flexibility index (Phi) is 3.31. The zero-order chi connectivity index (χ0) is 9.84. The maximum atomic E-state index is 12.4. The van der Waals surface area contributed by atoms with Gasteiger partial charge in [-0.05, 0) is 18.1 Å². The van der Waals surface area contributed by atoms with Crippen LogP contribution in [0.3, 0.4) is 0 Å². The summed E-state index contributed by atoms with van der Waals surface area (Å²) in [6.07, 6.45) is -0.378. The minimum atomic E-state index is -2.47. The van der Waals surface area contributed by atoms with Crippen LogP contribution in [-0.2, 0) is 13.0 Å². The maximum Gasteiger partial charge on any atom is 0.264 e. The molecule has 72 valence electrons. The Labute approximate surface area is 75.8 Å². The van der Waals surface area contributed by atoms with Crippen LogP contribution in [0.2, 0.25) is 0 Å². The normalized spacial score (nSPS) is 10.8. The van der Waals surface area contributed by atoms with Gasteiger partial charge in [0.05, 0.1) is 0 Å². The number of pyridine rings is 1. The van der Waals surface area contributed by atoms with E-state index in [4.69, 9.17) is 5.73 Å². The fourth-order valence-electron chi connectivity index (χ4n) is 1.11. The Balaban J connectivity index is 3.10. The molecule has 0 aliphatic rings. The lowest BCUT2D eigenvalue weighted by Crippen LogP contribution is -2.04. The molecule has 1 heterocycles.